The second-order valence-corrected chi connectivity index (χ2v) is 6.57. The minimum absolute atomic E-state index is 0.108. The van der Waals surface area contributed by atoms with Crippen molar-refractivity contribution in [3.8, 4) is 0 Å². The van der Waals surface area contributed by atoms with E-state index in [1.54, 1.807) is 17.0 Å². The molecule has 0 spiro atoms. The monoisotopic (exact) mass is 366 g/mol. The van der Waals surface area contributed by atoms with Crippen LogP contribution in [0.5, 0.6) is 0 Å². The Morgan fingerprint density at radius 3 is 2.54 bits per heavy atom. The van der Waals surface area contributed by atoms with E-state index < -0.39 is 4.92 Å². The van der Waals surface area contributed by atoms with E-state index in [0.29, 0.717) is 6.54 Å². The maximum absolute atomic E-state index is 13.2. The summed E-state index contributed by atoms with van der Waals surface area (Å²) >= 11 is 1.45. The van der Waals surface area contributed by atoms with Crippen LogP contribution < -0.4 is 4.90 Å². The Balaban J connectivity index is 2.14. The molecule has 0 aliphatic heterocycles. The maximum Gasteiger partial charge on any atom is 0.282 e. The van der Waals surface area contributed by atoms with Crippen LogP contribution in [0.1, 0.15) is 17.3 Å². The summed E-state index contributed by atoms with van der Waals surface area (Å²) in [5.41, 5.74) is 0.683. The number of nitro benzene ring substituents is 1. The van der Waals surface area contributed by atoms with Crippen LogP contribution in [-0.4, -0.2) is 23.6 Å². The Hall–Kier alpha value is -2.86. The molecule has 3 aromatic carbocycles. The second kappa shape index (κ2) is 7.58. The van der Waals surface area contributed by atoms with Gasteiger partial charge in [-0.25, -0.2) is 0 Å². The Morgan fingerprint density at radius 2 is 1.85 bits per heavy atom. The summed E-state index contributed by atoms with van der Waals surface area (Å²) in [4.78, 5) is 26.5. The van der Waals surface area contributed by atoms with Crippen LogP contribution in [0, 0.1) is 10.1 Å². The maximum atomic E-state index is 13.2. The molecule has 0 aromatic heterocycles. The average Bonchev–Trinajstić information content (AvgIpc) is 2.68. The number of thioether (sulfide) groups is 1. The Kier molecular flexibility index (Phi) is 5.23. The van der Waals surface area contributed by atoms with Gasteiger partial charge < -0.3 is 4.90 Å². The number of rotatable bonds is 5. The molecule has 1 amide bonds. The first-order chi connectivity index (χ1) is 12.6. The van der Waals surface area contributed by atoms with Gasteiger partial charge in [0.1, 0.15) is 5.56 Å². The quantitative estimate of drug-likeness (QED) is 0.356. The number of benzene rings is 3. The summed E-state index contributed by atoms with van der Waals surface area (Å²) in [6.45, 7) is 2.28. The van der Waals surface area contributed by atoms with Crippen molar-refractivity contribution in [2.24, 2.45) is 0 Å². The van der Waals surface area contributed by atoms with Crippen LogP contribution in [0.2, 0.25) is 0 Å². The third-order valence-electron chi connectivity index (χ3n) is 4.25. The standard InChI is InChI=1S/C20H18N2O3S/c1-3-21(18-10-6-8-14-7-4-5-9-16(14)18)20(23)17-13-15(26-2)11-12-19(17)22(24)25/h4-13H,3H2,1-2H3. The molecule has 0 fully saturated rings. The van der Waals surface area contributed by atoms with Gasteiger partial charge in [-0.15, -0.1) is 11.8 Å². The van der Waals surface area contributed by atoms with Crippen molar-refractivity contribution in [2.45, 2.75) is 11.8 Å². The number of hydrogen-bond acceptors (Lipinski definition) is 4. The molecular formula is C20H18N2O3S. The van der Waals surface area contributed by atoms with Crippen LogP contribution in [-0.2, 0) is 0 Å². The van der Waals surface area contributed by atoms with Gasteiger partial charge in [0, 0.05) is 22.9 Å². The third-order valence-corrected chi connectivity index (χ3v) is 4.97. The number of nitro groups is 1. The summed E-state index contributed by atoms with van der Waals surface area (Å²) in [7, 11) is 0. The van der Waals surface area contributed by atoms with Gasteiger partial charge >= 0.3 is 0 Å². The van der Waals surface area contributed by atoms with E-state index in [4.69, 9.17) is 0 Å². The molecule has 0 aliphatic carbocycles. The molecule has 0 radical (unpaired) electrons. The number of amides is 1. The van der Waals surface area contributed by atoms with Gasteiger partial charge in [0.25, 0.3) is 11.6 Å². The van der Waals surface area contributed by atoms with Crippen LogP contribution in [0.3, 0.4) is 0 Å². The zero-order valence-electron chi connectivity index (χ0n) is 14.5. The van der Waals surface area contributed by atoms with Gasteiger partial charge in [0.15, 0.2) is 0 Å². The number of carbonyl (C=O) groups is 1. The first kappa shape index (κ1) is 17.9. The number of nitrogens with zero attached hydrogens (tertiary/aromatic N) is 2. The fourth-order valence-electron chi connectivity index (χ4n) is 2.99. The molecule has 0 atom stereocenters. The lowest BCUT2D eigenvalue weighted by Gasteiger charge is -2.23. The lowest BCUT2D eigenvalue weighted by molar-refractivity contribution is -0.385. The van der Waals surface area contributed by atoms with Crippen molar-refractivity contribution in [1.82, 2.24) is 0 Å². The number of carbonyl (C=O) groups excluding carboxylic acids is 1. The SMILES string of the molecule is CCN(C(=O)c1cc(SC)ccc1[N+](=O)[O-])c1cccc2ccccc12. The van der Waals surface area contributed by atoms with E-state index in [9.17, 15) is 14.9 Å². The highest BCUT2D eigenvalue weighted by Crippen LogP contribution is 2.31. The molecule has 0 bridgehead atoms. The molecule has 3 rings (SSSR count). The van der Waals surface area contributed by atoms with Gasteiger partial charge in [-0.05, 0) is 36.8 Å². The number of fused-ring (bicyclic) bond motifs is 1. The number of hydrogen-bond donors (Lipinski definition) is 0. The van der Waals surface area contributed by atoms with E-state index in [1.807, 2.05) is 55.6 Å². The number of anilines is 1. The van der Waals surface area contributed by atoms with E-state index in [0.717, 1.165) is 21.4 Å². The first-order valence-electron chi connectivity index (χ1n) is 8.19. The van der Waals surface area contributed by atoms with Gasteiger partial charge in [-0.3, -0.25) is 14.9 Å². The Bertz CT molecular complexity index is 982. The Morgan fingerprint density at radius 1 is 1.12 bits per heavy atom. The van der Waals surface area contributed by atoms with Gasteiger partial charge in [-0.1, -0.05) is 36.4 Å². The molecule has 0 heterocycles. The largest absolute Gasteiger partial charge is 0.308 e. The minimum atomic E-state index is -0.506. The topological polar surface area (TPSA) is 63.5 Å². The summed E-state index contributed by atoms with van der Waals surface area (Å²) in [5, 5.41) is 13.4. The van der Waals surface area contributed by atoms with Crippen molar-refractivity contribution >= 4 is 39.8 Å². The lowest BCUT2D eigenvalue weighted by Crippen LogP contribution is -2.31. The molecule has 5 nitrogen and oxygen atoms in total. The van der Waals surface area contributed by atoms with Crippen molar-refractivity contribution in [3.63, 3.8) is 0 Å². The third kappa shape index (κ3) is 3.28. The normalized spacial score (nSPS) is 10.7. The predicted octanol–water partition coefficient (Wildman–Crippen LogP) is 5.14. The first-order valence-corrected chi connectivity index (χ1v) is 9.41. The van der Waals surface area contributed by atoms with Crippen LogP contribution in [0.4, 0.5) is 11.4 Å². The molecule has 0 saturated heterocycles. The van der Waals surface area contributed by atoms with Crippen molar-refractivity contribution in [3.05, 3.63) is 76.3 Å². The Labute approximate surface area is 155 Å². The molecule has 0 N–H and O–H groups in total. The second-order valence-electron chi connectivity index (χ2n) is 5.69. The molecule has 0 aliphatic rings. The summed E-state index contributed by atoms with van der Waals surface area (Å²) in [5.74, 6) is -0.369. The minimum Gasteiger partial charge on any atom is -0.308 e. The van der Waals surface area contributed by atoms with Crippen molar-refractivity contribution in [2.75, 3.05) is 17.7 Å². The zero-order valence-corrected chi connectivity index (χ0v) is 15.3. The van der Waals surface area contributed by atoms with E-state index in [2.05, 4.69) is 0 Å². The van der Waals surface area contributed by atoms with Crippen LogP contribution in [0.15, 0.2) is 65.6 Å². The van der Waals surface area contributed by atoms with Crippen LogP contribution >= 0.6 is 11.8 Å². The van der Waals surface area contributed by atoms with E-state index >= 15 is 0 Å². The molecule has 0 saturated carbocycles. The molecular weight excluding hydrogens is 348 g/mol. The zero-order chi connectivity index (χ0) is 18.7. The fourth-order valence-corrected chi connectivity index (χ4v) is 3.42. The summed E-state index contributed by atoms with van der Waals surface area (Å²) in [6.07, 6.45) is 1.87. The van der Waals surface area contributed by atoms with Crippen LogP contribution in [0.25, 0.3) is 10.8 Å². The fraction of sp³-hybridized carbons (Fsp3) is 0.150. The lowest BCUT2D eigenvalue weighted by atomic mass is 10.1. The van der Waals surface area contributed by atoms with Gasteiger partial charge in [0.2, 0.25) is 0 Å². The molecule has 3 aromatic rings. The van der Waals surface area contributed by atoms with Crippen molar-refractivity contribution < 1.29 is 9.72 Å². The summed E-state index contributed by atoms with van der Waals surface area (Å²) < 4.78 is 0. The van der Waals surface area contributed by atoms with E-state index in [1.165, 1.54) is 17.8 Å². The molecule has 6 heteroatoms. The highest BCUT2D eigenvalue weighted by atomic mass is 32.2. The molecule has 132 valence electrons. The van der Waals surface area contributed by atoms with Gasteiger partial charge in [-0.2, -0.15) is 0 Å². The summed E-state index contributed by atoms with van der Waals surface area (Å²) in [6, 6.07) is 18.2. The van der Waals surface area contributed by atoms with Crippen molar-refractivity contribution in [1.29, 1.82) is 0 Å². The molecule has 26 heavy (non-hydrogen) atoms. The highest BCUT2D eigenvalue weighted by molar-refractivity contribution is 7.98. The van der Waals surface area contributed by atoms with Gasteiger partial charge in [0.05, 0.1) is 10.6 Å². The predicted molar refractivity (Wildman–Crippen MR) is 106 cm³/mol. The van der Waals surface area contributed by atoms with E-state index in [-0.39, 0.29) is 17.2 Å². The smallest absolute Gasteiger partial charge is 0.282 e. The highest BCUT2D eigenvalue weighted by Gasteiger charge is 2.26. The molecule has 0 unspecified atom stereocenters. The average molecular weight is 366 g/mol.